The van der Waals surface area contributed by atoms with Crippen LogP contribution in [0.2, 0.25) is 0 Å². The first-order chi connectivity index (χ1) is 3.35. The summed E-state index contributed by atoms with van der Waals surface area (Å²) in [6.07, 6.45) is 0.743. The molecular weight excluding hydrogens is 114 g/mol. The minimum atomic E-state index is -0.179. The molecule has 0 rings (SSSR count). The van der Waals surface area contributed by atoms with E-state index in [-0.39, 0.29) is 6.04 Å². The fourth-order valence-electron chi connectivity index (χ4n) is 0.212. The number of rotatable bonds is 3. The van der Waals surface area contributed by atoms with E-state index in [9.17, 15) is 4.91 Å². The van der Waals surface area contributed by atoms with Gasteiger partial charge in [0.1, 0.15) is 6.04 Å². The molecule has 0 fully saturated rings. The molecule has 0 aromatic rings. The van der Waals surface area contributed by atoms with E-state index in [0.717, 1.165) is 6.42 Å². The topological polar surface area (TPSA) is 29.4 Å². The van der Waals surface area contributed by atoms with Crippen molar-refractivity contribution in [2.75, 3.05) is 5.88 Å². The van der Waals surface area contributed by atoms with E-state index in [0.29, 0.717) is 5.88 Å². The monoisotopic (exact) mass is 121 g/mol. The minimum absolute atomic E-state index is 0.179. The van der Waals surface area contributed by atoms with Crippen molar-refractivity contribution in [2.45, 2.75) is 19.4 Å². The molecule has 7 heavy (non-hydrogen) atoms. The van der Waals surface area contributed by atoms with Crippen LogP contribution in [0.15, 0.2) is 5.18 Å². The first-order valence-corrected chi connectivity index (χ1v) is 2.77. The third kappa shape index (κ3) is 2.57. The van der Waals surface area contributed by atoms with Gasteiger partial charge in [0.2, 0.25) is 0 Å². The number of hydrogen-bond acceptors (Lipinski definition) is 2. The van der Waals surface area contributed by atoms with Gasteiger partial charge in [-0.3, -0.25) is 0 Å². The van der Waals surface area contributed by atoms with Crippen LogP contribution in [-0.4, -0.2) is 11.9 Å². The van der Waals surface area contributed by atoms with Gasteiger partial charge in [0.05, 0.1) is 0 Å². The molecule has 1 atom stereocenters. The molecule has 0 aliphatic carbocycles. The van der Waals surface area contributed by atoms with Gasteiger partial charge in [0.25, 0.3) is 0 Å². The van der Waals surface area contributed by atoms with E-state index in [1.807, 2.05) is 6.92 Å². The first-order valence-electron chi connectivity index (χ1n) is 2.23. The summed E-state index contributed by atoms with van der Waals surface area (Å²) in [4.78, 5) is 9.63. The molecule has 0 aliphatic rings. The van der Waals surface area contributed by atoms with Gasteiger partial charge in [-0.25, -0.2) is 0 Å². The largest absolute Gasteiger partial charge is 0.150 e. The van der Waals surface area contributed by atoms with Gasteiger partial charge in [-0.1, -0.05) is 12.1 Å². The molecule has 0 amide bonds. The van der Waals surface area contributed by atoms with Gasteiger partial charge in [-0.15, -0.1) is 11.6 Å². The third-order valence-electron chi connectivity index (χ3n) is 0.798. The molecule has 3 heteroatoms. The highest BCUT2D eigenvalue weighted by Gasteiger charge is 1.99. The lowest BCUT2D eigenvalue weighted by atomic mass is 10.3. The molecule has 0 spiro atoms. The van der Waals surface area contributed by atoms with Crippen molar-refractivity contribution in [3.63, 3.8) is 0 Å². The van der Waals surface area contributed by atoms with E-state index in [2.05, 4.69) is 5.18 Å². The Kier molecular flexibility index (Phi) is 4.00. The molecule has 0 bridgehead atoms. The van der Waals surface area contributed by atoms with Gasteiger partial charge in [0.15, 0.2) is 0 Å². The smallest absolute Gasteiger partial charge is 0.105 e. The second kappa shape index (κ2) is 4.06. The van der Waals surface area contributed by atoms with Crippen LogP contribution in [0.4, 0.5) is 0 Å². The Morgan fingerprint density at radius 3 is 2.43 bits per heavy atom. The molecule has 0 radical (unpaired) electrons. The van der Waals surface area contributed by atoms with Crippen LogP contribution in [0.5, 0.6) is 0 Å². The average molecular weight is 122 g/mol. The number of nitrogens with zero attached hydrogens (tertiary/aromatic N) is 1. The highest BCUT2D eigenvalue weighted by molar-refractivity contribution is 6.18. The zero-order valence-corrected chi connectivity index (χ0v) is 4.98. The Morgan fingerprint density at radius 1 is 1.86 bits per heavy atom. The van der Waals surface area contributed by atoms with Crippen LogP contribution in [-0.2, 0) is 0 Å². The molecule has 0 saturated carbocycles. The Morgan fingerprint density at radius 2 is 2.43 bits per heavy atom. The van der Waals surface area contributed by atoms with Gasteiger partial charge in [-0.2, -0.15) is 4.91 Å². The first kappa shape index (κ1) is 6.89. The molecule has 0 saturated heterocycles. The molecule has 1 unspecified atom stereocenters. The standard InChI is InChI=1S/C4H8ClNO/c1-2-4(3-5)6-7/h4H,2-3H2,1H3. The summed E-state index contributed by atoms with van der Waals surface area (Å²) in [5.74, 6) is 0.347. The van der Waals surface area contributed by atoms with Gasteiger partial charge >= 0.3 is 0 Å². The van der Waals surface area contributed by atoms with Crippen molar-refractivity contribution >= 4 is 11.6 Å². The zero-order chi connectivity index (χ0) is 5.70. The van der Waals surface area contributed by atoms with Gasteiger partial charge in [0, 0.05) is 5.88 Å². The molecular formula is C4H8ClNO. The average Bonchev–Trinajstić information content (AvgIpc) is 1.72. The maximum absolute atomic E-state index is 9.63. The van der Waals surface area contributed by atoms with Crippen LogP contribution in [0.25, 0.3) is 0 Å². The SMILES string of the molecule is CCC(CCl)N=O. The Balaban J connectivity index is 3.16. The second-order valence-electron chi connectivity index (χ2n) is 1.32. The van der Waals surface area contributed by atoms with Crippen molar-refractivity contribution < 1.29 is 0 Å². The van der Waals surface area contributed by atoms with E-state index >= 15 is 0 Å². The summed E-state index contributed by atoms with van der Waals surface area (Å²) in [5.41, 5.74) is 0. The van der Waals surface area contributed by atoms with E-state index in [1.54, 1.807) is 0 Å². The Labute approximate surface area is 47.8 Å². The van der Waals surface area contributed by atoms with Crippen LogP contribution in [0, 0.1) is 4.91 Å². The highest BCUT2D eigenvalue weighted by Crippen LogP contribution is 1.97. The molecule has 0 N–H and O–H groups in total. The number of alkyl halides is 1. The van der Waals surface area contributed by atoms with E-state index in [1.165, 1.54) is 0 Å². The summed E-state index contributed by atoms with van der Waals surface area (Å²) in [6.45, 7) is 1.88. The molecule has 0 heterocycles. The molecule has 0 aliphatic heterocycles. The maximum Gasteiger partial charge on any atom is 0.105 e. The Hall–Kier alpha value is -0.110. The fourth-order valence-corrected chi connectivity index (χ4v) is 0.486. The van der Waals surface area contributed by atoms with Crippen LogP contribution < -0.4 is 0 Å². The van der Waals surface area contributed by atoms with Crippen molar-refractivity contribution in [3.05, 3.63) is 4.91 Å². The number of halogens is 1. The maximum atomic E-state index is 9.63. The highest BCUT2D eigenvalue weighted by atomic mass is 35.5. The third-order valence-corrected chi connectivity index (χ3v) is 1.15. The van der Waals surface area contributed by atoms with Crippen molar-refractivity contribution in [1.29, 1.82) is 0 Å². The lowest BCUT2D eigenvalue weighted by Crippen LogP contribution is -2.01. The minimum Gasteiger partial charge on any atom is -0.150 e. The van der Waals surface area contributed by atoms with Crippen molar-refractivity contribution in [1.82, 2.24) is 0 Å². The van der Waals surface area contributed by atoms with Crippen LogP contribution in [0.3, 0.4) is 0 Å². The summed E-state index contributed by atoms with van der Waals surface area (Å²) in [6, 6.07) is -0.179. The zero-order valence-electron chi connectivity index (χ0n) is 4.22. The summed E-state index contributed by atoms with van der Waals surface area (Å²) < 4.78 is 0. The van der Waals surface area contributed by atoms with Crippen molar-refractivity contribution in [3.8, 4) is 0 Å². The molecule has 42 valence electrons. The summed E-state index contributed by atoms with van der Waals surface area (Å²) in [7, 11) is 0. The van der Waals surface area contributed by atoms with Gasteiger partial charge < -0.3 is 0 Å². The fraction of sp³-hybridized carbons (Fsp3) is 1.00. The van der Waals surface area contributed by atoms with Crippen LogP contribution in [0.1, 0.15) is 13.3 Å². The second-order valence-corrected chi connectivity index (χ2v) is 1.63. The lowest BCUT2D eigenvalue weighted by Gasteiger charge is -1.94. The summed E-state index contributed by atoms with van der Waals surface area (Å²) >= 11 is 5.27. The normalized spacial score (nSPS) is 13.4. The molecule has 0 aromatic heterocycles. The summed E-state index contributed by atoms with van der Waals surface area (Å²) in [5, 5.41) is 2.74. The lowest BCUT2D eigenvalue weighted by molar-refractivity contribution is 0.717. The van der Waals surface area contributed by atoms with Crippen molar-refractivity contribution in [2.24, 2.45) is 5.18 Å². The van der Waals surface area contributed by atoms with E-state index < -0.39 is 0 Å². The van der Waals surface area contributed by atoms with Crippen LogP contribution >= 0.6 is 11.6 Å². The number of nitroso groups, excluding NO2 is 1. The molecule has 0 aromatic carbocycles. The Bertz CT molecular complexity index is 53.7. The number of hydrogen-bond donors (Lipinski definition) is 0. The quantitative estimate of drug-likeness (QED) is 0.413. The predicted octanol–water partition coefficient (Wildman–Crippen LogP) is 1.77. The van der Waals surface area contributed by atoms with E-state index in [4.69, 9.17) is 11.6 Å². The molecule has 2 nitrogen and oxygen atoms in total. The predicted molar refractivity (Wildman–Crippen MR) is 30.6 cm³/mol. The van der Waals surface area contributed by atoms with Gasteiger partial charge in [-0.05, 0) is 6.42 Å².